The first-order valence-corrected chi connectivity index (χ1v) is 11.6. The van der Waals surface area contributed by atoms with Crippen molar-refractivity contribution in [1.29, 1.82) is 0 Å². The third kappa shape index (κ3) is 5.91. The number of hydrogen-bond acceptors (Lipinski definition) is 7. The maximum absolute atomic E-state index is 15.3. The molecule has 0 radical (unpaired) electrons. The van der Waals surface area contributed by atoms with Crippen molar-refractivity contribution in [3.05, 3.63) is 53.6 Å². The van der Waals surface area contributed by atoms with E-state index in [9.17, 15) is 31.9 Å². The van der Waals surface area contributed by atoms with Crippen molar-refractivity contribution in [3.8, 4) is 11.5 Å². The number of pyridine rings is 1. The highest BCUT2D eigenvalue weighted by Gasteiger charge is 2.45. The van der Waals surface area contributed by atoms with E-state index in [2.05, 4.69) is 10.3 Å². The fourth-order valence-corrected chi connectivity index (χ4v) is 4.28. The molecule has 3 atom stereocenters. The lowest BCUT2D eigenvalue weighted by Gasteiger charge is -2.37. The number of aromatic nitrogens is 1. The van der Waals surface area contributed by atoms with Gasteiger partial charge in [0.15, 0.2) is 0 Å². The Hall–Kier alpha value is -3.65. The molecule has 2 aromatic rings. The first-order chi connectivity index (χ1) is 18.0. The molecule has 4 rings (SSSR count). The molecule has 2 aliphatic rings. The smallest absolute Gasteiger partial charge is 0.433 e. The first kappa shape index (κ1) is 27.4. The van der Waals surface area contributed by atoms with Gasteiger partial charge in [-0.3, -0.25) is 19.8 Å². The van der Waals surface area contributed by atoms with Gasteiger partial charge in [-0.25, -0.2) is 18.6 Å². The van der Waals surface area contributed by atoms with Crippen LogP contribution in [-0.2, 0) is 20.5 Å². The molecule has 3 N–H and O–H groups in total. The number of barbiturate groups is 1. The molecule has 0 aliphatic carbocycles. The molecule has 14 heteroatoms. The van der Waals surface area contributed by atoms with E-state index >= 15 is 4.39 Å². The SMILES string of the molecule is NC(c1cc(Oc2ccc(C(F)(F)F)nc2)ccc1F)C(F)CC1C(=O)NC(=O)N(C2CCOCC2)C1=O. The van der Waals surface area contributed by atoms with Gasteiger partial charge in [0.1, 0.15) is 35.1 Å². The third-order valence-electron chi connectivity index (χ3n) is 6.30. The van der Waals surface area contributed by atoms with Gasteiger partial charge in [0.05, 0.1) is 12.2 Å². The van der Waals surface area contributed by atoms with Crippen molar-refractivity contribution in [1.82, 2.24) is 15.2 Å². The predicted octanol–water partition coefficient (Wildman–Crippen LogP) is 3.63. The second kappa shape index (κ2) is 11.0. The van der Waals surface area contributed by atoms with Gasteiger partial charge in [-0.2, -0.15) is 13.2 Å². The second-order valence-corrected chi connectivity index (χ2v) is 8.84. The Morgan fingerprint density at radius 3 is 2.45 bits per heavy atom. The number of alkyl halides is 4. The summed E-state index contributed by atoms with van der Waals surface area (Å²) in [7, 11) is 0. The standard InChI is InChI=1S/C24H23F5N4O5/c25-17-3-1-13(38-14-2-4-19(31-11-14)24(27,28)29)9-15(17)20(30)18(26)10-16-21(34)32-23(36)33(22(16)35)12-5-7-37-8-6-12/h1-4,9,11-12,16,18,20H,5-8,10,30H2,(H,32,34,36). The topological polar surface area (TPSA) is 124 Å². The molecule has 2 aliphatic heterocycles. The van der Waals surface area contributed by atoms with Crippen LogP contribution in [0.2, 0.25) is 0 Å². The Labute approximate surface area is 213 Å². The van der Waals surface area contributed by atoms with E-state index in [4.69, 9.17) is 15.2 Å². The zero-order chi connectivity index (χ0) is 27.6. The minimum atomic E-state index is -4.64. The summed E-state index contributed by atoms with van der Waals surface area (Å²) in [4.78, 5) is 41.8. The van der Waals surface area contributed by atoms with Gasteiger partial charge in [0.2, 0.25) is 11.8 Å². The quantitative estimate of drug-likeness (QED) is 0.405. The molecule has 2 saturated heterocycles. The van der Waals surface area contributed by atoms with Crippen molar-refractivity contribution >= 4 is 17.8 Å². The van der Waals surface area contributed by atoms with Crippen molar-refractivity contribution in [2.75, 3.05) is 13.2 Å². The molecule has 9 nitrogen and oxygen atoms in total. The second-order valence-electron chi connectivity index (χ2n) is 8.84. The van der Waals surface area contributed by atoms with Crippen LogP contribution in [-0.4, -0.2) is 53.2 Å². The lowest BCUT2D eigenvalue weighted by molar-refractivity contribution is -0.146. The van der Waals surface area contributed by atoms with E-state index in [1.165, 1.54) is 0 Å². The number of nitrogens with one attached hydrogen (secondary N) is 1. The van der Waals surface area contributed by atoms with Gasteiger partial charge in [-0.1, -0.05) is 0 Å². The third-order valence-corrected chi connectivity index (χ3v) is 6.30. The van der Waals surface area contributed by atoms with Crippen LogP contribution in [0.3, 0.4) is 0 Å². The lowest BCUT2D eigenvalue weighted by Crippen LogP contribution is -2.62. The molecule has 1 aromatic carbocycles. The lowest BCUT2D eigenvalue weighted by atomic mass is 9.91. The summed E-state index contributed by atoms with van der Waals surface area (Å²) in [6.07, 6.45) is -5.89. The van der Waals surface area contributed by atoms with E-state index in [-0.39, 0.29) is 17.1 Å². The Balaban J connectivity index is 1.47. The Morgan fingerprint density at radius 2 is 1.82 bits per heavy atom. The summed E-state index contributed by atoms with van der Waals surface area (Å²) in [6.45, 7) is 0.633. The molecular formula is C24H23F5N4O5. The van der Waals surface area contributed by atoms with E-state index in [0.717, 1.165) is 35.4 Å². The van der Waals surface area contributed by atoms with E-state index < -0.39 is 66.1 Å². The molecule has 204 valence electrons. The molecule has 0 spiro atoms. The van der Waals surface area contributed by atoms with Gasteiger partial charge < -0.3 is 15.2 Å². The number of carbonyl (C=O) groups excluding carboxylic acids is 3. The van der Waals surface area contributed by atoms with Crippen molar-refractivity contribution in [2.24, 2.45) is 11.7 Å². The van der Waals surface area contributed by atoms with Crippen LogP contribution < -0.4 is 15.8 Å². The average Bonchev–Trinajstić information content (AvgIpc) is 2.87. The summed E-state index contributed by atoms with van der Waals surface area (Å²) >= 11 is 0. The highest BCUT2D eigenvalue weighted by atomic mass is 19.4. The first-order valence-electron chi connectivity index (χ1n) is 11.6. The average molecular weight is 542 g/mol. The van der Waals surface area contributed by atoms with Crippen molar-refractivity contribution < 1.29 is 45.8 Å². The summed E-state index contributed by atoms with van der Waals surface area (Å²) in [5, 5.41) is 2.06. The number of carbonyl (C=O) groups is 3. The van der Waals surface area contributed by atoms with Crippen LogP contribution in [0.5, 0.6) is 11.5 Å². The summed E-state index contributed by atoms with van der Waals surface area (Å²) in [5.41, 5.74) is 4.45. The highest BCUT2D eigenvalue weighted by molar-refractivity contribution is 6.16. The highest BCUT2D eigenvalue weighted by Crippen LogP contribution is 2.33. The van der Waals surface area contributed by atoms with Crippen LogP contribution in [0.25, 0.3) is 0 Å². The molecule has 0 saturated carbocycles. The minimum Gasteiger partial charge on any atom is -0.456 e. The van der Waals surface area contributed by atoms with Crippen LogP contribution in [0.1, 0.15) is 36.6 Å². The number of benzene rings is 1. The zero-order valence-corrected chi connectivity index (χ0v) is 19.7. The number of hydrogen-bond donors (Lipinski definition) is 2. The Kier molecular flexibility index (Phi) is 7.92. The maximum atomic E-state index is 15.3. The van der Waals surface area contributed by atoms with Gasteiger partial charge >= 0.3 is 12.2 Å². The molecule has 38 heavy (non-hydrogen) atoms. The molecule has 4 amide bonds. The van der Waals surface area contributed by atoms with Crippen molar-refractivity contribution in [3.63, 3.8) is 0 Å². The van der Waals surface area contributed by atoms with E-state index in [1.807, 2.05) is 0 Å². The molecule has 1 aromatic heterocycles. The van der Waals surface area contributed by atoms with E-state index in [1.54, 1.807) is 0 Å². The van der Waals surface area contributed by atoms with Gasteiger partial charge in [0.25, 0.3) is 0 Å². The van der Waals surface area contributed by atoms with Gasteiger partial charge in [-0.05, 0) is 43.2 Å². The fraction of sp³-hybridized carbons (Fsp3) is 0.417. The van der Waals surface area contributed by atoms with Crippen LogP contribution >= 0.6 is 0 Å². The molecule has 3 unspecified atom stereocenters. The van der Waals surface area contributed by atoms with Crippen LogP contribution in [0, 0.1) is 11.7 Å². The number of amides is 4. The van der Waals surface area contributed by atoms with Crippen LogP contribution in [0.4, 0.5) is 26.7 Å². The number of imide groups is 2. The van der Waals surface area contributed by atoms with Crippen molar-refractivity contribution in [2.45, 2.75) is 43.7 Å². The van der Waals surface area contributed by atoms with Crippen LogP contribution in [0.15, 0.2) is 36.5 Å². The molecule has 3 heterocycles. The number of nitrogens with zero attached hydrogens (tertiary/aromatic N) is 2. The molecule has 0 bridgehead atoms. The fourth-order valence-electron chi connectivity index (χ4n) is 4.28. The predicted molar refractivity (Wildman–Crippen MR) is 120 cm³/mol. The number of rotatable bonds is 7. The number of ether oxygens (including phenoxy) is 2. The maximum Gasteiger partial charge on any atom is 0.433 e. The monoisotopic (exact) mass is 542 g/mol. The summed E-state index contributed by atoms with van der Waals surface area (Å²) in [6, 6.07) is 1.81. The molecule has 2 fully saturated rings. The Morgan fingerprint density at radius 1 is 1.13 bits per heavy atom. The number of urea groups is 1. The largest absolute Gasteiger partial charge is 0.456 e. The van der Waals surface area contributed by atoms with E-state index in [0.29, 0.717) is 32.1 Å². The zero-order valence-electron chi connectivity index (χ0n) is 19.7. The normalized spacial score (nSPS) is 20.7. The summed E-state index contributed by atoms with van der Waals surface area (Å²) in [5.74, 6) is -4.47. The number of nitrogens with two attached hydrogens (primary N) is 1. The number of halogens is 5. The van der Waals surface area contributed by atoms with Gasteiger partial charge in [0, 0.05) is 31.2 Å². The minimum absolute atomic E-state index is 0.0617. The van der Waals surface area contributed by atoms with Gasteiger partial charge in [-0.15, -0.1) is 0 Å². The Bertz CT molecular complexity index is 1200. The summed E-state index contributed by atoms with van der Waals surface area (Å²) < 4.78 is 78.5. The molecular weight excluding hydrogens is 519 g/mol.